The Morgan fingerprint density at radius 1 is 0.727 bits per heavy atom. The summed E-state index contributed by atoms with van der Waals surface area (Å²) >= 11 is 0. The van der Waals surface area contributed by atoms with Gasteiger partial charge in [0.25, 0.3) is 0 Å². The molecular formula is C19H18O3. The minimum atomic E-state index is 0.514. The van der Waals surface area contributed by atoms with E-state index in [0.29, 0.717) is 12.4 Å². The molecule has 0 saturated carbocycles. The van der Waals surface area contributed by atoms with Crippen molar-refractivity contribution in [3.8, 4) is 17.2 Å². The number of hydrogen-bond acceptors (Lipinski definition) is 3. The zero-order valence-corrected chi connectivity index (χ0v) is 12.7. The van der Waals surface area contributed by atoms with Crippen molar-refractivity contribution in [2.24, 2.45) is 0 Å². The smallest absolute Gasteiger partial charge is 0.168 e. The Hall–Kier alpha value is -2.68. The lowest BCUT2D eigenvalue weighted by atomic mass is 10.1. The lowest BCUT2D eigenvalue weighted by Crippen LogP contribution is -1.98. The normalized spacial score (nSPS) is 10.5. The van der Waals surface area contributed by atoms with Gasteiger partial charge >= 0.3 is 0 Å². The molecule has 0 aliphatic rings. The first-order valence-electron chi connectivity index (χ1n) is 7.14. The third kappa shape index (κ3) is 2.70. The average molecular weight is 294 g/mol. The van der Waals surface area contributed by atoms with Crippen LogP contribution in [0.15, 0.2) is 60.7 Å². The third-order valence-electron chi connectivity index (χ3n) is 3.58. The molecule has 3 nitrogen and oxygen atoms in total. The molecule has 0 heterocycles. The van der Waals surface area contributed by atoms with Crippen LogP contribution in [0.5, 0.6) is 17.2 Å². The zero-order valence-electron chi connectivity index (χ0n) is 12.7. The summed E-state index contributed by atoms with van der Waals surface area (Å²) in [5, 5.41) is 1.99. The molecule has 0 atom stereocenters. The molecule has 0 bridgehead atoms. The van der Waals surface area contributed by atoms with Gasteiger partial charge in [0, 0.05) is 16.8 Å². The predicted octanol–water partition coefficient (Wildman–Crippen LogP) is 4.44. The van der Waals surface area contributed by atoms with E-state index in [9.17, 15) is 0 Å². The van der Waals surface area contributed by atoms with Gasteiger partial charge in [-0.2, -0.15) is 0 Å². The number of fused-ring (bicyclic) bond motifs is 1. The van der Waals surface area contributed by atoms with Crippen LogP contribution in [0.3, 0.4) is 0 Å². The second-order valence-electron chi connectivity index (χ2n) is 4.93. The highest BCUT2D eigenvalue weighted by Crippen LogP contribution is 2.41. The zero-order chi connectivity index (χ0) is 15.4. The Labute approximate surface area is 130 Å². The van der Waals surface area contributed by atoms with Crippen LogP contribution in [0.1, 0.15) is 5.56 Å². The summed E-state index contributed by atoms with van der Waals surface area (Å²) in [7, 11) is 3.28. The van der Waals surface area contributed by atoms with Crippen molar-refractivity contribution in [2.75, 3.05) is 14.2 Å². The van der Waals surface area contributed by atoms with E-state index in [1.807, 2.05) is 60.7 Å². The molecule has 0 fully saturated rings. The molecule has 3 rings (SSSR count). The molecule has 0 aromatic heterocycles. The highest BCUT2D eigenvalue weighted by Gasteiger charge is 2.14. The molecule has 22 heavy (non-hydrogen) atoms. The fourth-order valence-electron chi connectivity index (χ4n) is 2.51. The summed E-state index contributed by atoms with van der Waals surface area (Å²) in [6.07, 6.45) is 0. The fraction of sp³-hybridized carbons (Fsp3) is 0.158. The van der Waals surface area contributed by atoms with Crippen LogP contribution in [0, 0.1) is 0 Å². The van der Waals surface area contributed by atoms with E-state index in [4.69, 9.17) is 14.2 Å². The molecule has 0 aliphatic carbocycles. The van der Waals surface area contributed by atoms with E-state index in [2.05, 4.69) is 0 Å². The monoisotopic (exact) mass is 294 g/mol. The van der Waals surface area contributed by atoms with Gasteiger partial charge in [-0.3, -0.25) is 0 Å². The van der Waals surface area contributed by atoms with Gasteiger partial charge in [-0.05, 0) is 5.56 Å². The van der Waals surface area contributed by atoms with Crippen LogP contribution in [-0.2, 0) is 6.61 Å². The first kappa shape index (κ1) is 14.3. The fourth-order valence-corrected chi connectivity index (χ4v) is 2.51. The average Bonchev–Trinajstić information content (AvgIpc) is 2.59. The van der Waals surface area contributed by atoms with E-state index < -0.39 is 0 Å². The molecule has 3 aromatic carbocycles. The van der Waals surface area contributed by atoms with Crippen molar-refractivity contribution in [2.45, 2.75) is 6.61 Å². The van der Waals surface area contributed by atoms with E-state index in [1.165, 1.54) is 0 Å². The van der Waals surface area contributed by atoms with Crippen molar-refractivity contribution in [3.05, 3.63) is 66.2 Å². The molecule has 0 N–H and O–H groups in total. The Morgan fingerprint density at radius 3 is 2.09 bits per heavy atom. The summed E-state index contributed by atoms with van der Waals surface area (Å²) in [5.74, 6) is 2.19. The lowest BCUT2D eigenvalue weighted by molar-refractivity contribution is 0.305. The Bertz CT molecular complexity index is 766. The molecule has 0 amide bonds. The second-order valence-corrected chi connectivity index (χ2v) is 4.93. The maximum Gasteiger partial charge on any atom is 0.168 e. The quantitative estimate of drug-likeness (QED) is 0.696. The van der Waals surface area contributed by atoms with E-state index in [0.717, 1.165) is 27.8 Å². The SMILES string of the molecule is COc1cc(OCc2ccccc2)c2ccccc2c1OC. The topological polar surface area (TPSA) is 27.7 Å². The number of hydrogen-bond donors (Lipinski definition) is 0. The molecule has 0 unspecified atom stereocenters. The van der Waals surface area contributed by atoms with Crippen LogP contribution in [0.25, 0.3) is 10.8 Å². The Morgan fingerprint density at radius 2 is 1.41 bits per heavy atom. The standard InChI is InChI=1S/C19H18O3/c1-20-18-12-17(22-13-14-8-4-3-5-9-14)15-10-6-7-11-16(15)19(18)21-2/h3-12H,13H2,1-2H3. The molecule has 112 valence electrons. The summed E-state index contributed by atoms with van der Waals surface area (Å²) in [5.41, 5.74) is 1.13. The molecule has 0 radical (unpaired) electrons. The van der Waals surface area contributed by atoms with Crippen molar-refractivity contribution in [1.82, 2.24) is 0 Å². The lowest BCUT2D eigenvalue weighted by Gasteiger charge is -2.15. The third-order valence-corrected chi connectivity index (χ3v) is 3.58. The van der Waals surface area contributed by atoms with Crippen molar-refractivity contribution in [3.63, 3.8) is 0 Å². The predicted molar refractivity (Wildman–Crippen MR) is 87.8 cm³/mol. The van der Waals surface area contributed by atoms with Gasteiger partial charge < -0.3 is 14.2 Å². The number of rotatable bonds is 5. The summed E-state index contributed by atoms with van der Waals surface area (Å²) < 4.78 is 16.9. The van der Waals surface area contributed by atoms with E-state index in [1.54, 1.807) is 14.2 Å². The number of methoxy groups -OCH3 is 2. The molecule has 0 aliphatic heterocycles. The van der Waals surface area contributed by atoms with Crippen LogP contribution in [-0.4, -0.2) is 14.2 Å². The second kappa shape index (κ2) is 6.39. The van der Waals surface area contributed by atoms with Gasteiger partial charge in [0.2, 0.25) is 0 Å². The molecule has 0 spiro atoms. The Balaban J connectivity index is 2.01. The summed E-state index contributed by atoms with van der Waals surface area (Å²) in [6, 6.07) is 20.0. The van der Waals surface area contributed by atoms with E-state index in [-0.39, 0.29) is 0 Å². The van der Waals surface area contributed by atoms with Crippen molar-refractivity contribution < 1.29 is 14.2 Å². The summed E-state index contributed by atoms with van der Waals surface area (Å²) in [6.45, 7) is 0.514. The number of ether oxygens (including phenoxy) is 3. The van der Waals surface area contributed by atoms with Gasteiger partial charge in [0.15, 0.2) is 11.5 Å². The first-order valence-corrected chi connectivity index (χ1v) is 7.14. The first-order chi connectivity index (χ1) is 10.8. The van der Waals surface area contributed by atoms with Crippen molar-refractivity contribution in [1.29, 1.82) is 0 Å². The molecule has 0 saturated heterocycles. The minimum Gasteiger partial charge on any atom is -0.493 e. The van der Waals surface area contributed by atoms with Gasteiger partial charge in [0.1, 0.15) is 12.4 Å². The molecule has 3 heteroatoms. The molecular weight excluding hydrogens is 276 g/mol. The minimum absolute atomic E-state index is 0.514. The van der Waals surface area contributed by atoms with Crippen LogP contribution in [0.4, 0.5) is 0 Å². The summed E-state index contributed by atoms with van der Waals surface area (Å²) in [4.78, 5) is 0. The van der Waals surface area contributed by atoms with Gasteiger partial charge in [-0.15, -0.1) is 0 Å². The highest BCUT2D eigenvalue weighted by atomic mass is 16.5. The number of benzene rings is 3. The van der Waals surface area contributed by atoms with E-state index >= 15 is 0 Å². The highest BCUT2D eigenvalue weighted by molar-refractivity contribution is 5.95. The van der Waals surface area contributed by atoms with Crippen LogP contribution in [0.2, 0.25) is 0 Å². The maximum absolute atomic E-state index is 6.01. The van der Waals surface area contributed by atoms with Crippen molar-refractivity contribution >= 4 is 10.8 Å². The van der Waals surface area contributed by atoms with Crippen LogP contribution >= 0.6 is 0 Å². The van der Waals surface area contributed by atoms with Crippen LogP contribution < -0.4 is 14.2 Å². The molecule has 3 aromatic rings. The maximum atomic E-state index is 6.01. The Kier molecular flexibility index (Phi) is 4.15. The van der Waals surface area contributed by atoms with Gasteiger partial charge in [0.05, 0.1) is 14.2 Å². The van der Waals surface area contributed by atoms with Gasteiger partial charge in [-0.1, -0.05) is 54.6 Å². The van der Waals surface area contributed by atoms with Gasteiger partial charge in [-0.25, -0.2) is 0 Å². The largest absolute Gasteiger partial charge is 0.493 e.